The Labute approximate surface area is 136 Å². The fourth-order valence-corrected chi connectivity index (χ4v) is 3.28. The second-order valence-electron chi connectivity index (χ2n) is 6.44. The Morgan fingerprint density at radius 2 is 2.13 bits per heavy atom. The molecule has 23 heavy (non-hydrogen) atoms. The van der Waals surface area contributed by atoms with Crippen LogP contribution < -0.4 is 15.4 Å². The highest BCUT2D eigenvalue weighted by atomic mass is 16.5. The van der Waals surface area contributed by atoms with Gasteiger partial charge >= 0.3 is 6.03 Å². The van der Waals surface area contributed by atoms with Crippen LogP contribution in [0.3, 0.4) is 0 Å². The van der Waals surface area contributed by atoms with E-state index in [0.717, 1.165) is 44.5 Å². The van der Waals surface area contributed by atoms with Gasteiger partial charge in [0.05, 0.1) is 6.61 Å². The molecule has 1 saturated carbocycles. The third-order valence-corrected chi connectivity index (χ3v) is 4.59. The first-order valence-corrected chi connectivity index (χ1v) is 8.52. The number of hydrogen-bond donors (Lipinski definition) is 2. The summed E-state index contributed by atoms with van der Waals surface area (Å²) in [5.41, 5.74) is 2.52. The Kier molecular flexibility index (Phi) is 3.82. The summed E-state index contributed by atoms with van der Waals surface area (Å²) in [5, 5.41) is 8.46. The maximum Gasteiger partial charge on any atom is 0.315 e. The molecule has 1 fully saturated rings. The monoisotopic (exact) mass is 310 g/mol. The van der Waals surface area contributed by atoms with Crippen LogP contribution in [0.5, 0.6) is 5.75 Å². The Morgan fingerprint density at radius 1 is 1.26 bits per heavy atom. The van der Waals surface area contributed by atoms with Gasteiger partial charge in [-0.2, -0.15) is 0 Å². The average molecular weight is 310 g/mol. The largest absolute Gasteiger partial charge is 0.493 e. The number of benzene rings is 2. The van der Waals surface area contributed by atoms with E-state index in [4.69, 9.17) is 4.74 Å². The SMILES string of the molecule is O=C(NCCc1cc2ccccc2c2c1OCCC2)NC1CC1. The van der Waals surface area contributed by atoms with Crippen molar-refractivity contribution in [1.29, 1.82) is 0 Å². The molecule has 2 aliphatic rings. The summed E-state index contributed by atoms with van der Waals surface area (Å²) in [6.07, 6.45) is 5.16. The first-order valence-electron chi connectivity index (χ1n) is 8.52. The van der Waals surface area contributed by atoms with Crippen molar-refractivity contribution in [3.8, 4) is 5.75 Å². The minimum Gasteiger partial charge on any atom is -0.493 e. The van der Waals surface area contributed by atoms with Crippen molar-refractivity contribution in [3.63, 3.8) is 0 Å². The predicted octanol–water partition coefficient (Wildman–Crippen LogP) is 3.17. The molecule has 4 heteroatoms. The zero-order valence-corrected chi connectivity index (χ0v) is 13.2. The number of rotatable bonds is 4. The van der Waals surface area contributed by atoms with Crippen molar-refractivity contribution >= 4 is 16.8 Å². The first kappa shape index (κ1) is 14.4. The molecular weight excluding hydrogens is 288 g/mol. The lowest BCUT2D eigenvalue weighted by molar-refractivity contribution is 0.240. The Hall–Kier alpha value is -2.23. The molecule has 2 N–H and O–H groups in total. The number of aryl methyl sites for hydroxylation is 1. The number of nitrogens with one attached hydrogen (secondary N) is 2. The maximum absolute atomic E-state index is 11.7. The van der Waals surface area contributed by atoms with E-state index in [1.165, 1.54) is 21.9 Å². The molecular formula is C19H22N2O2. The summed E-state index contributed by atoms with van der Waals surface area (Å²) in [6, 6.07) is 11.0. The molecule has 0 bridgehead atoms. The number of carbonyl (C=O) groups excluding carboxylic acids is 1. The van der Waals surface area contributed by atoms with E-state index in [9.17, 15) is 4.79 Å². The molecule has 0 saturated heterocycles. The number of fused-ring (bicyclic) bond motifs is 3. The van der Waals surface area contributed by atoms with Crippen LogP contribution in [-0.2, 0) is 12.8 Å². The standard InChI is InChI=1S/C19H22N2O2/c22-19(21-15-7-8-15)20-10-9-14-12-13-4-1-2-5-16(13)17-6-3-11-23-18(14)17/h1-2,4-5,12,15H,3,6-11H2,(H2,20,21,22). The van der Waals surface area contributed by atoms with E-state index in [1.807, 2.05) is 0 Å². The van der Waals surface area contributed by atoms with Crippen molar-refractivity contribution < 1.29 is 9.53 Å². The lowest BCUT2D eigenvalue weighted by atomic mass is 9.94. The molecule has 1 heterocycles. The average Bonchev–Trinajstić information content (AvgIpc) is 3.39. The molecule has 2 amide bonds. The van der Waals surface area contributed by atoms with Crippen molar-refractivity contribution in [2.24, 2.45) is 0 Å². The molecule has 2 aromatic rings. The second kappa shape index (κ2) is 6.11. The van der Waals surface area contributed by atoms with Gasteiger partial charge in [0.2, 0.25) is 0 Å². The summed E-state index contributed by atoms with van der Waals surface area (Å²) in [7, 11) is 0. The van der Waals surface area contributed by atoms with E-state index in [-0.39, 0.29) is 6.03 Å². The fourth-order valence-electron chi connectivity index (χ4n) is 3.28. The summed E-state index contributed by atoms with van der Waals surface area (Å²) in [4.78, 5) is 11.7. The van der Waals surface area contributed by atoms with Gasteiger partial charge in [-0.1, -0.05) is 24.3 Å². The van der Waals surface area contributed by atoms with Gasteiger partial charge in [0.15, 0.2) is 0 Å². The molecule has 120 valence electrons. The van der Waals surface area contributed by atoms with Gasteiger partial charge in [0.1, 0.15) is 5.75 Å². The number of ether oxygens (including phenoxy) is 1. The van der Waals surface area contributed by atoms with Crippen molar-refractivity contribution in [2.45, 2.75) is 38.1 Å². The van der Waals surface area contributed by atoms with Crippen LogP contribution in [-0.4, -0.2) is 25.2 Å². The zero-order valence-electron chi connectivity index (χ0n) is 13.2. The van der Waals surface area contributed by atoms with Gasteiger partial charge in [-0.15, -0.1) is 0 Å². The maximum atomic E-state index is 11.7. The summed E-state index contributed by atoms with van der Waals surface area (Å²) < 4.78 is 5.97. The van der Waals surface area contributed by atoms with Crippen LogP contribution in [0.1, 0.15) is 30.4 Å². The Bertz CT molecular complexity index is 737. The van der Waals surface area contributed by atoms with E-state index >= 15 is 0 Å². The van der Waals surface area contributed by atoms with Crippen LogP contribution in [0.25, 0.3) is 10.8 Å². The van der Waals surface area contributed by atoms with E-state index in [2.05, 4.69) is 41.0 Å². The molecule has 4 nitrogen and oxygen atoms in total. The van der Waals surface area contributed by atoms with Crippen LogP contribution in [0.4, 0.5) is 4.79 Å². The van der Waals surface area contributed by atoms with Gasteiger partial charge in [-0.25, -0.2) is 4.79 Å². The van der Waals surface area contributed by atoms with Crippen molar-refractivity contribution in [1.82, 2.24) is 10.6 Å². The van der Waals surface area contributed by atoms with E-state index in [1.54, 1.807) is 0 Å². The van der Waals surface area contributed by atoms with Gasteiger partial charge in [-0.3, -0.25) is 0 Å². The first-order chi connectivity index (χ1) is 11.3. The smallest absolute Gasteiger partial charge is 0.315 e. The lowest BCUT2D eigenvalue weighted by Gasteiger charge is -2.22. The van der Waals surface area contributed by atoms with Gasteiger partial charge in [0.25, 0.3) is 0 Å². The minimum atomic E-state index is -0.0527. The molecule has 0 unspecified atom stereocenters. The highest BCUT2D eigenvalue weighted by molar-refractivity contribution is 5.89. The van der Waals surface area contributed by atoms with Gasteiger partial charge in [0, 0.05) is 18.2 Å². The highest BCUT2D eigenvalue weighted by Crippen LogP contribution is 2.36. The molecule has 0 aromatic heterocycles. The number of amides is 2. The van der Waals surface area contributed by atoms with E-state index < -0.39 is 0 Å². The Morgan fingerprint density at radius 3 is 3.00 bits per heavy atom. The van der Waals surface area contributed by atoms with Crippen molar-refractivity contribution in [3.05, 3.63) is 41.5 Å². The number of urea groups is 1. The van der Waals surface area contributed by atoms with Gasteiger partial charge < -0.3 is 15.4 Å². The summed E-state index contributed by atoms with van der Waals surface area (Å²) in [5.74, 6) is 1.04. The highest BCUT2D eigenvalue weighted by Gasteiger charge is 2.23. The molecule has 4 rings (SSSR count). The minimum absolute atomic E-state index is 0.0527. The predicted molar refractivity (Wildman–Crippen MR) is 91.0 cm³/mol. The topological polar surface area (TPSA) is 50.4 Å². The normalized spacial score (nSPS) is 16.5. The zero-order chi connectivity index (χ0) is 15.6. The molecule has 2 aromatic carbocycles. The summed E-state index contributed by atoms with van der Waals surface area (Å²) in [6.45, 7) is 1.42. The second-order valence-corrected chi connectivity index (χ2v) is 6.44. The van der Waals surface area contributed by atoms with Gasteiger partial charge in [-0.05, 0) is 54.5 Å². The van der Waals surface area contributed by atoms with Crippen LogP contribution in [0, 0.1) is 0 Å². The van der Waals surface area contributed by atoms with Crippen LogP contribution in [0.15, 0.2) is 30.3 Å². The molecule has 0 radical (unpaired) electrons. The molecule has 0 spiro atoms. The van der Waals surface area contributed by atoms with Crippen molar-refractivity contribution in [2.75, 3.05) is 13.2 Å². The third kappa shape index (κ3) is 3.11. The number of carbonyl (C=O) groups is 1. The molecule has 1 aliphatic carbocycles. The third-order valence-electron chi connectivity index (χ3n) is 4.59. The Balaban J connectivity index is 1.52. The quantitative estimate of drug-likeness (QED) is 0.911. The van der Waals surface area contributed by atoms with Crippen LogP contribution in [0.2, 0.25) is 0 Å². The van der Waals surface area contributed by atoms with Crippen LogP contribution >= 0.6 is 0 Å². The van der Waals surface area contributed by atoms with E-state index in [0.29, 0.717) is 12.6 Å². The fraction of sp³-hybridized carbons (Fsp3) is 0.421. The number of hydrogen-bond acceptors (Lipinski definition) is 2. The summed E-state index contributed by atoms with van der Waals surface area (Å²) >= 11 is 0. The molecule has 0 atom stereocenters. The molecule has 1 aliphatic heterocycles. The lowest BCUT2D eigenvalue weighted by Crippen LogP contribution is -2.37.